The van der Waals surface area contributed by atoms with Gasteiger partial charge in [0.05, 0.1) is 12.2 Å². The van der Waals surface area contributed by atoms with Crippen LogP contribution in [0.2, 0.25) is 0 Å². The molecule has 8 N–H and O–H groups in total. The molecule has 172 valence electrons. The summed E-state index contributed by atoms with van der Waals surface area (Å²) in [7, 11) is 0. The van der Waals surface area contributed by atoms with Crippen LogP contribution in [-0.2, 0) is 0 Å². The van der Waals surface area contributed by atoms with E-state index in [9.17, 15) is 40.9 Å². The minimum Gasteiger partial charge on any atom is -0.504 e. The van der Waals surface area contributed by atoms with Gasteiger partial charge in [-0.25, -0.2) is 0 Å². The molecule has 1 aromatic rings. The Labute approximate surface area is 185 Å². The minimum atomic E-state index is -1.07. The molecular formula is C24H28O8. The summed E-state index contributed by atoms with van der Waals surface area (Å²) in [6.07, 6.45) is 5.48. The summed E-state index contributed by atoms with van der Waals surface area (Å²) in [5, 5.41) is 81.2. The van der Waals surface area contributed by atoms with Gasteiger partial charge in [-0.15, -0.1) is 0 Å². The van der Waals surface area contributed by atoms with Crippen molar-refractivity contribution in [2.75, 3.05) is 6.61 Å². The van der Waals surface area contributed by atoms with Gasteiger partial charge in [-0.2, -0.15) is 0 Å². The van der Waals surface area contributed by atoms with Crippen molar-refractivity contribution in [2.24, 2.45) is 0 Å². The molecule has 8 heteroatoms. The van der Waals surface area contributed by atoms with Crippen LogP contribution in [0.3, 0.4) is 0 Å². The predicted molar refractivity (Wildman–Crippen MR) is 121 cm³/mol. The predicted octanol–water partition coefficient (Wildman–Crippen LogP) is 4.48. The summed E-state index contributed by atoms with van der Waals surface area (Å²) in [6.45, 7) is 8.10. The van der Waals surface area contributed by atoms with Crippen LogP contribution in [0, 0.1) is 0 Å². The van der Waals surface area contributed by atoms with Gasteiger partial charge in [0.2, 0.25) is 17.2 Å². The minimum absolute atomic E-state index is 0.0264. The van der Waals surface area contributed by atoms with Gasteiger partial charge in [0, 0.05) is 5.57 Å². The molecule has 0 unspecified atom stereocenters. The fraction of sp³-hybridized carbons (Fsp3) is 0.250. The van der Waals surface area contributed by atoms with E-state index in [4.69, 9.17) is 0 Å². The van der Waals surface area contributed by atoms with Crippen molar-refractivity contribution < 1.29 is 40.9 Å². The second-order valence-corrected chi connectivity index (χ2v) is 7.65. The molecule has 0 fully saturated rings. The standard InChI is InChI=1S/C24H28O8/c1-11(2)13(4)18(26)19(27)16(10-25)14-7-5-12(3)6-8-15(9-14)17-20(28)22(30)24(32)23(31)21(17)29/h6-7,9,25-32H,1,5,8,10H2,2-4H3/b12-6-,14-7+,15-9+,18-13+,19-16-. The largest absolute Gasteiger partial charge is 0.504 e. The van der Waals surface area contributed by atoms with Crippen molar-refractivity contribution in [3.63, 3.8) is 0 Å². The summed E-state index contributed by atoms with van der Waals surface area (Å²) < 4.78 is 0. The number of aromatic hydroxyl groups is 5. The first-order valence-corrected chi connectivity index (χ1v) is 9.77. The lowest BCUT2D eigenvalue weighted by Gasteiger charge is -2.18. The van der Waals surface area contributed by atoms with Crippen molar-refractivity contribution in [2.45, 2.75) is 33.6 Å². The van der Waals surface area contributed by atoms with Crippen LogP contribution in [0.25, 0.3) is 5.57 Å². The van der Waals surface area contributed by atoms with E-state index in [1.165, 1.54) is 6.08 Å². The Morgan fingerprint density at radius 1 is 0.844 bits per heavy atom. The highest BCUT2D eigenvalue weighted by Gasteiger charge is 2.26. The first-order valence-electron chi connectivity index (χ1n) is 9.77. The summed E-state index contributed by atoms with van der Waals surface area (Å²) in [5.74, 6) is -5.83. The molecule has 0 heterocycles. The van der Waals surface area contributed by atoms with E-state index < -0.39 is 46.9 Å². The van der Waals surface area contributed by atoms with E-state index >= 15 is 0 Å². The van der Waals surface area contributed by atoms with Crippen molar-refractivity contribution in [3.8, 4) is 28.7 Å². The fourth-order valence-corrected chi connectivity index (χ4v) is 3.14. The highest BCUT2D eigenvalue weighted by molar-refractivity contribution is 5.84. The van der Waals surface area contributed by atoms with Crippen LogP contribution >= 0.6 is 0 Å². The monoisotopic (exact) mass is 444 g/mol. The molecule has 1 aromatic carbocycles. The number of hydrogen-bond donors (Lipinski definition) is 8. The van der Waals surface area contributed by atoms with E-state index in [0.717, 1.165) is 5.57 Å². The Bertz CT molecular complexity index is 1080. The van der Waals surface area contributed by atoms with E-state index in [1.807, 2.05) is 6.92 Å². The van der Waals surface area contributed by atoms with Gasteiger partial charge in [-0.05, 0) is 50.3 Å². The topological polar surface area (TPSA) is 162 Å². The second-order valence-electron chi connectivity index (χ2n) is 7.65. The van der Waals surface area contributed by atoms with Gasteiger partial charge in [-0.1, -0.05) is 36.0 Å². The summed E-state index contributed by atoms with van der Waals surface area (Å²) in [4.78, 5) is 0. The number of rotatable bonds is 5. The van der Waals surface area contributed by atoms with Gasteiger partial charge in [-0.3, -0.25) is 0 Å². The molecule has 2 rings (SSSR count). The van der Waals surface area contributed by atoms with Gasteiger partial charge in [0.1, 0.15) is 0 Å². The molecule has 0 spiro atoms. The van der Waals surface area contributed by atoms with Crippen molar-refractivity contribution in [1.29, 1.82) is 0 Å². The number of benzene rings is 1. The lowest BCUT2D eigenvalue weighted by molar-refractivity contribution is 0.293. The third kappa shape index (κ3) is 4.60. The summed E-state index contributed by atoms with van der Waals surface area (Å²) in [5.41, 5.74) is 1.84. The van der Waals surface area contributed by atoms with E-state index in [1.54, 1.807) is 26.0 Å². The van der Waals surface area contributed by atoms with Gasteiger partial charge in [0.15, 0.2) is 23.0 Å². The molecule has 8 nitrogen and oxygen atoms in total. The quantitative estimate of drug-likeness (QED) is 0.108. The SMILES string of the molecule is C=C(C)\C(C)=C(O)/C(O)=C(CO)/C1=C/C/C(C)=C\C/C(c2c(O)c(O)c(O)c(O)c2O)=C\1. The van der Waals surface area contributed by atoms with E-state index in [2.05, 4.69) is 6.58 Å². The molecule has 0 radical (unpaired) electrons. The summed E-state index contributed by atoms with van der Waals surface area (Å²) >= 11 is 0. The third-order valence-corrected chi connectivity index (χ3v) is 5.35. The maximum atomic E-state index is 10.6. The Morgan fingerprint density at radius 2 is 1.38 bits per heavy atom. The number of aliphatic hydroxyl groups is 3. The van der Waals surface area contributed by atoms with Crippen molar-refractivity contribution in [1.82, 2.24) is 0 Å². The average molecular weight is 444 g/mol. The molecule has 0 saturated carbocycles. The Balaban J connectivity index is 2.83. The zero-order valence-electron chi connectivity index (χ0n) is 18.1. The maximum Gasteiger partial charge on any atom is 0.208 e. The van der Waals surface area contributed by atoms with Crippen LogP contribution in [0.4, 0.5) is 0 Å². The normalized spacial score (nSPS) is 20.9. The van der Waals surface area contributed by atoms with E-state index in [-0.39, 0.29) is 28.7 Å². The van der Waals surface area contributed by atoms with Crippen molar-refractivity contribution in [3.05, 3.63) is 69.8 Å². The molecule has 0 bridgehead atoms. The molecular weight excluding hydrogens is 416 g/mol. The molecule has 0 amide bonds. The molecule has 1 aliphatic carbocycles. The zero-order valence-corrected chi connectivity index (χ0v) is 18.1. The maximum absolute atomic E-state index is 10.6. The lowest BCUT2D eigenvalue weighted by atomic mass is 9.90. The van der Waals surface area contributed by atoms with Crippen LogP contribution < -0.4 is 0 Å². The highest BCUT2D eigenvalue weighted by Crippen LogP contribution is 2.53. The smallest absolute Gasteiger partial charge is 0.208 e. The van der Waals surface area contributed by atoms with Crippen LogP contribution in [0.15, 0.2) is 64.2 Å². The number of phenols is 5. The number of phenolic OH excluding ortho intramolecular Hbond substituents is 5. The van der Waals surface area contributed by atoms with Gasteiger partial charge in [0.25, 0.3) is 0 Å². The average Bonchev–Trinajstić information content (AvgIpc) is 2.75. The Morgan fingerprint density at radius 3 is 1.88 bits per heavy atom. The molecule has 0 aliphatic heterocycles. The van der Waals surface area contributed by atoms with E-state index in [0.29, 0.717) is 17.6 Å². The number of allylic oxidation sites excluding steroid dienone is 7. The summed E-state index contributed by atoms with van der Waals surface area (Å²) in [6, 6.07) is 0. The second kappa shape index (κ2) is 9.57. The third-order valence-electron chi connectivity index (χ3n) is 5.35. The lowest BCUT2D eigenvalue weighted by Crippen LogP contribution is -2.05. The number of aliphatic hydroxyl groups excluding tert-OH is 3. The molecule has 0 aromatic heterocycles. The molecule has 0 saturated heterocycles. The van der Waals surface area contributed by atoms with Crippen LogP contribution in [0.5, 0.6) is 28.7 Å². The fourth-order valence-electron chi connectivity index (χ4n) is 3.14. The molecule has 1 aliphatic rings. The highest BCUT2D eigenvalue weighted by atomic mass is 16.4. The zero-order chi connectivity index (χ0) is 24.3. The van der Waals surface area contributed by atoms with Gasteiger partial charge >= 0.3 is 0 Å². The van der Waals surface area contributed by atoms with Crippen molar-refractivity contribution >= 4 is 5.57 Å². The van der Waals surface area contributed by atoms with Crippen LogP contribution in [0.1, 0.15) is 39.2 Å². The molecule has 0 atom stereocenters. The van der Waals surface area contributed by atoms with Crippen LogP contribution in [-0.4, -0.2) is 47.5 Å². The Kier molecular flexibility index (Phi) is 7.32. The Hall–Kier alpha value is -3.78. The molecule has 32 heavy (non-hydrogen) atoms. The van der Waals surface area contributed by atoms with Gasteiger partial charge < -0.3 is 40.9 Å². The first-order chi connectivity index (χ1) is 14.9. The first kappa shape index (κ1) is 24.5. The number of hydrogen-bond acceptors (Lipinski definition) is 8.